The zero-order valence-electron chi connectivity index (χ0n) is 10.8. The van der Waals surface area contributed by atoms with Crippen LogP contribution in [-0.4, -0.2) is 5.91 Å². The van der Waals surface area contributed by atoms with Crippen LogP contribution in [0.3, 0.4) is 0 Å². The second-order valence-corrected chi connectivity index (χ2v) is 5.46. The number of hydrogen-bond acceptors (Lipinski definition) is 2. The molecule has 0 radical (unpaired) electrons. The molecule has 0 aliphatic carbocycles. The topological polar surface area (TPSA) is 55.1 Å². The quantitative estimate of drug-likeness (QED) is 0.815. The molecule has 0 aliphatic heterocycles. The predicted octanol–water partition coefficient (Wildman–Crippen LogP) is 3.31. The van der Waals surface area contributed by atoms with Crippen molar-refractivity contribution in [1.29, 1.82) is 0 Å². The SMILES string of the molecule is CC(C)(C)CCC(=O)Nc1c(N)cc(F)cc1F. The Kier molecular flexibility index (Phi) is 4.27. The van der Waals surface area contributed by atoms with Crippen LogP contribution < -0.4 is 11.1 Å². The zero-order valence-corrected chi connectivity index (χ0v) is 10.8. The highest BCUT2D eigenvalue weighted by molar-refractivity contribution is 5.93. The molecule has 0 saturated heterocycles. The minimum absolute atomic E-state index is 0.0181. The highest BCUT2D eigenvalue weighted by atomic mass is 19.1. The van der Waals surface area contributed by atoms with Gasteiger partial charge in [-0.3, -0.25) is 4.79 Å². The van der Waals surface area contributed by atoms with Gasteiger partial charge in [-0.1, -0.05) is 20.8 Å². The van der Waals surface area contributed by atoms with Gasteiger partial charge in [0.2, 0.25) is 5.91 Å². The number of anilines is 2. The van der Waals surface area contributed by atoms with E-state index in [-0.39, 0.29) is 29.1 Å². The van der Waals surface area contributed by atoms with Crippen LogP contribution >= 0.6 is 0 Å². The minimum Gasteiger partial charge on any atom is -0.397 e. The molecule has 0 saturated carbocycles. The molecule has 5 heteroatoms. The Morgan fingerprint density at radius 3 is 2.44 bits per heavy atom. The van der Waals surface area contributed by atoms with Crippen LogP contribution in [0, 0.1) is 17.0 Å². The Morgan fingerprint density at radius 1 is 1.33 bits per heavy atom. The van der Waals surface area contributed by atoms with Crippen LogP contribution in [0.5, 0.6) is 0 Å². The van der Waals surface area contributed by atoms with E-state index >= 15 is 0 Å². The van der Waals surface area contributed by atoms with Gasteiger partial charge in [0.1, 0.15) is 11.5 Å². The highest BCUT2D eigenvalue weighted by Crippen LogP contribution is 2.25. The van der Waals surface area contributed by atoms with Crippen molar-refractivity contribution in [2.24, 2.45) is 5.41 Å². The van der Waals surface area contributed by atoms with Crippen molar-refractivity contribution in [2.45, 2.75) is 33.6 Å². The van der Waals surface area contributed by atoms with Gasteiger partial charge in [-0.2, -0.15) is 0 Å². The molecule has 3 N–H and O–H groups in total. The summed E-state index contributed by atoms with van der Waals surface area (Å²) in [6, 6.07) is 1.66. The number of nitrogens with two attached hydrogens (primary N) is 1. The molecule has 1 amide bonds. The Morgan fingerprint density at radius 2 is 1.94 bits per heavy atom. The van der Waals surface area contributed by atoms with E-state index in [4.69, 9.17) is 5.73 Å². The van der Waals surface area contributed by atoms with Crippen molar-refractivity contribution >= 4 is 17.3 Å². The van der Waals surface area contributed by atoms with Gasteiger partial charge in [-0.25, -0.2) is 8.78 Å². The number of halogens is 2. The zero-order chi connectivity index (χ0) is 13.9. The summed E-state index contributed by atoms with van der Waals surface area (Å²) < 4.78 is 26.2. The second-order valence-electron chi connectivity index (χ2n) is 5.46. The molecule has 0 unspecified atom stereocenters. The minimum atomic E-state index is -0.864. The predicted molar refractivity (Wildman–Crippen MR) is 68.1 cm³/mol. The lowest BCUT2D eigenvalue weighted by molar-refractivity contribution is -0.116. The Labute approximate surface area is 105 Å². The number of nitrogen functional groups attached to an aromatic ring is 1. The molecule has 18 heavy (non-hydrogen) atoms. The van der Waals surface area contributed by atoms with E-state index in [0.717, 1.165) is 6.07 Å². The lowest BCUT2D eigenvalue weighted by Crippen LogP contribution is -2.17. The molecule has 0 aliphatic rings. The number of amides is 1. The van der Waals surface area contributed by atoms with E-state index in [2.05, 4.69) is 5.32 Å². The van der Waals surface area contributed by atoms with Crippen LogP contribution in [0.15, 0.2) is 12.1 Å². The monoisotopic (exact) mass is 256 g/mol. The third-order valence-electron chi connectivity index (χ3n) is 2.45. The van der Waals surface area contributed by atoms with Crippen LogP contribution in [0.4, 0.5) is 20.2 Å². The van der Waals surface area contributed by atoms with Gasteiger partial charge in [0, 0.05) is 12.5 Å². The largest absolute Gasteiger partial charge is 0.397 e. The average molecular weight is 256 g/mol. The number of nitrogens with one attached hydrogen (secondary N) is 1. The van der Waals surface area contributed by atoms with Crippen molar-refractivity contribution in [3.8, 4) is 0 Å². The average Bonchev–Trinajstić information content (AvgIpc) is 2.19. The summed E-state index contributed by atoms with van der Waals surface area (Å²) in [4.78, 5) is 11.6. The number of hydrogen-bond donors (Lipinski definition) is 2. The molecule has 0 atom stereocenters. The molecule has 1 aromatic carbocycles. The van der Waals surface area contributed by atoms with Crippen molar-refractivity contribution in [1.82, 2.24) is 0 Å². The van der Waals surface area contributed by atoms with Crippen LogP contribution in [0.2, 0.25) is 0 Å². The molecule has 100 valence electrons. The fraction of sp³-hybridized carbons (Fsp3) is 0.462. The standard InChI is InChI=1S/C13H18F2N2O/c1-13(2,3)5-4-11(18)17-12-9(15)6-8(14)7-10(12)16/h6-7H,4-5,16H2,1-3H3,(H,17,18). The van der Waals surface area contributed by atoms with E-state index in [1.165, 1.54) is 0 Å². The van der Waals surface area contributed by atoms with Crippen molar-refractivity contribution in [3.63, 3.8) is 0 Å². The van der Waals surface area contributed by atoms with E-state index in [1.807, 2.05) is 20.8 Å². The van der Waals surface area contributed by atoms with Crippen molar-refractivity contribution in [3.05, 3.63) is 23.8 Å². The summed E-state index contributed by atoms with van der Waals surface area (Å²) in [5, 5.41) is 2.37. The number of carbonyl (C=O) groups excluding carboxylic acids is 1. The van der Waals surface area contributed by atoms with E-state index in [0.29, 0.717) is 12.5 Å². The molecule has 0 heterocycles. The van der Waals surface area contributed by atoms with E-state index in [9.17, 15) is 13.6 Å². The lowest BCUT2D eigenvalue weighted by atomic mass is 9.90. The van der Waals surface area contributed by atoms with Gasteiger partial charge >= 0.3 is 0 Å². The molecule has 1 rings (SSSR count). The van der Waals surface area contributed by atoms with Crippen LogP contribution in [-0.2, 0) is 4.79 Å². The molecule has 0 fully saturated rings. The maximum atomic E-state index is 13.4. The maximum absolute atomic E-state index is 13.4. The first kappa shape index (κ1) is 14.4. The Hall–Kier alpha value is -1.65. The molecule has 0 bridgehead atoms. The van der Waals surface area contributed by atoms with Crippen molar-refractivity contribution < 1.29 is 13.6 Å². The summed E-state index contributed by atoms with van der Waals surface area (Å²) in [6.45, 7) is 6.02. The molecular formula is C13H18F2N2O. The molecular weight excluding hydrogens is 238 g/mol. The molecule has 0 aromatic heterocycles. The Bertz CT molecular complexity index is 430. The van der Waals surface area contributed by atoms with Crippen LogP contribution in [0.25, 0.3) is 0 Å². The third kappa shape index (κ3) is 4.31. The molecule has 3 nitrogen and oxygen atoms in total. The number of benzene rings is 1. The van der Waals surface area contributed by atoms with Crippen molar-refractivity contribution in [2.75, 3.05) is 11.1 Å². The van der Waals surface area contributed by atoms with Gasteiger partial charge < -0.3 is 11.1 Å². The fourth-order valence-electron chi connectivity index (χ4n) is 1.42. The fourth-order valence-corrected chi connectivity index (χ4v) is 1.42. The maximum Gasteiger partial charge on any atom is 0.224 e. The van der Waals surface area contributed by atoms with Gasteiger partial charge in [0.05, 0.1) is 5.69 Å². The molecule has 0 spiro atoms. The summed E-state index contributed by atoms with van der Waals surface area (Å²) in [7, 11) is 0. The first-order valence-corrected chi connectivity index (χ1v) is 5.73. The van der Waals surface area contributed by atoms with Gasteiger partial charge in [-0.05, 0) is 17.9 Å². The normalized spacial score (nSPS) is 11.4. The second kappa shape index (κ2) is 5.33. The third-order valence-corrected chi connectivity index (χ3v) is 2.45. The summed E-state index contributed by atoms with van der Waals surface area (Å²) in [6.07, 6.45) is 0.932. The first-order valence-electron chi connectivity index (χ1n) is 5.73. The van der Waals surface area contributed by atoms with Crippen LogP contribution in [0.1, 0.15) is 33.6 Å². The van der Waals surface area contributed by atoms with Gasteiger partial charge in [0.15, 0.2) is 5.82 Å². The first-order chi connectivity index (χ1) is 8.19. The van der Waals surface area contributed by atoms with Gasteiger partial charge in [-0.15, -0.1) is 0 Å². The Balaban J connectivity index is 2.71. The van der Waals surface area contributed by atoms with E-state index in [1.54, 1.807) is 0 Å². The van der Waals surface area contributed by atoms with Gasteiger partial charge in [0.25, 0.3) is 0 Å². The smallest absolute Gasteiger partial charge is 0.224 e. The molecule has 1 aromatic rings. The summed E-state index contributed by atoms with van der Waals surface area (Å²) >= 11 is 0. The number of carbonyl (C=O) groups is 1. The summed E-state index contributed by atoms with van der Waals surface area (Å²) in [5.41, 5.74) is 5.20. The highest BCUT2D eigenvalue weighted by Gasteiger charge is 2.15. The van der Waals surface area contributed by atoms with E-state index < -0.39 is 11.6 Å². The number of rotatable bonds is 3. The summed E-state index contributed by atoms with van der Waals surface area (Å²) in [5.74, 6) is -1.96. The lowest BCUT2D eigenvalue weighted by Gasteiger charge is -2.17.